The molecule has 2 aliphatic rings. The molecule has 1 amide bonds. The van der Waals surface area contributed by atoms with Crippen LogP contribution in [0.3, 0.4) is 0 Å². The number of rotatable bonds is 4. The molecule has 3 aromatic rings. The van der Waals surface area contributed by atoms with Crippen LogP contribution in [0.4, 0.5) is 17.1 Å². The zero-order chi connectivity index (χ0) is 21.4. The predicted molar refractivity (Wildman–Crippen MR) is 120 cm³/mol. The van der Waals surface area contributed by atoms with Crippen LogP contribution in [-0.4, -0.2) is 31.2 Å². The summed E-state index contributed by atoms with van der Waals surface area (Å²) < 4.78 is 4.80. The molecule has 0 bridgehead atoms. The highest BCUT2D eigenvalue weighted by molar-refractivity contribution is 6.24. The van der Waals surface area contributed by atoms with Gasteiger partial charge in [-0.05, 0) is 53.4 Å². The van der Waals surface area contributed by atoms with E-state index in [1.807, 2.05) is 42.5 Å². The summed E-state index contributed by atoms with van der Waals surface area (Å²) in [6.07, 6.45) is 0.961. The molecular formula is C25H21N3O3. The number of nitrogens with zero attached hydrogens (tertiary/aromatic N) is 1. The van der Waals surface area contributed by atoms with Gasteiger partial charge in [0.25, 0.3) is 0 Å². The first-order chi connectivity index (χ1) is 15.1. The van der Waals surface area contributed by atoms with Gasteiger partial charge in [-0.25, -0.2) is 4.79 Å². The zero-order valence-corrected chi connectivity index (χ0v) is 17.0. The zero-order valence-electron chi connectivity index (χ0n) is 17.0. The van der Waals surface area contributed by atoms with Gasteiger partial charge in [-0.15, -0.1) is 0 Å². The van der Waals surface area contributed by atoms with Gasteiger partial charge in [0.2, 0.25) is 5.91 Å². The second-order valence-corrected chi connectivity index (χ2v) is 7.60. The molecule has 0 saturated carbocycles. The lowest BCUT2D eigenvalue weighted by Crippen LogP contribution is -2.21. The van der Waals surface area contributed by atoms with Crippen LogP contribution in [0.5, 0.6) is 0 Å². The molecule has 0 spiro atoms. The van der Waals surface area contributed by atoms with Gasteiger partial charge in [0, 0.05) is 17.9 Å². The number of hydrogen-bond acceptors (Lipinski definition) is 5. The van der Waals surface area contributed by atoms with E-state index in [1.54, 1.807) is 18.2 Å². The quantitative estimate of drug-likeness (QED) is 0.496. The Morgan fingerprint density at radius 2 is 1.84 bits per heavy atom. The van der Waals surface area contributed by atoms with Crippen molar-refractivity contribution in [2.75, 3.05) is 24.3 Å². The molecule has 1 atom stereocenters. The first kappa shape index (κ1) is 19.1. The van der Waals surface area contributed by atoms with E-state index in [9.17, 15) is 9.59 Å². The Hall–Kier alpha value is -3.93. The van der Waals surface area contributed by atoms with Crippen LogP contribution in [0.25, 0.3) is 0 Å². The monoisotopic (exact) mass is 411 g/mol. The van der Waals surface area contributed by atoms with Gasteiger partial charge in [0.15, 0.2) is 0 Å². The normalized spacial score (nSPS) is 16.9. The van der Waals surface area contributed by atoms with Crippen LogP contribution < -0.4 is 10.6 Å². The van der Waals surface area contributed by atoms with Gasteiger partial charge in [0.1, 0.15) is 5.92 Å². The largest absolute Gasteiger partial charge is 0.465 e. The molecule has 0 aliphatic carbocycles. The maximum atomic E-state index is 13.1. The number of anilines is 2. The minimum atomic E-state index is -0.574. The Labute approximate surface area is 180 Å². The lowest BCUT2D eigenvalue weighted by molar-refractivity contribution is -0.115. The highest BCUT2D eigenvalue weighted by Gasteiger charge is 2.36. The van der Waals surface area contributed by atoms with Crippen LogP contribution in [0, 0.1) is 0 Å². The van der Waals surface area contributed by atoms with Crippen LogP contribution in [-0.2, 0) is 16.0 Å². The number of carbonyl (C=O) groups excluding carboxylic acids is 2. The van der Waals surface area contributed by atoms with E-state index in [0.717, 1.165) is 35.5 Å². The van der Waals surface area contributed by atoms with Gasteiger partial charge in [0.05, 0.1) is 24.1 Å². The smallest absolute Gasteiger partial charge is 0.337 e. The number of ether oxygens (including phenoxy) is 1. The Kier molecular flexibility index (Phi) is 4.75. The van der Waals surface area contributed by atoms with Crippen molar-refractivity contribution < 1.29 is 14.3 Å². The van der Waals surface area contributed by atoms with Crippen molar-refractivity contribution in [3.63, 3.8) is 0 Å². The maximum absolute atomic E-state index is 13.1. The summed E-state index contributed by atoms with van der Waals surface area (Å²) in [6.45, 7) is 0.926. The van der Waals surface area contributed by atoms with Crippen LogP contribution in [0.1, 0.15) is 33.0 Å². The average Bonchev–Trinajstić information content (AvgIpc) is 3.40. The molecule has 0 radical (unpaired) electrons. The van der Waals surface area contributed by atoms with Crippen molar-refractivity contribution in [3.8, 4) is 0 Å². The summed E-state index contributed by atoms with van der Waals surface area (Å²) in [5, 5.41) is 6.26. The predicted octanol–water partition coefficient (Wildman–Crippen LogP) is 4.30. The fourth-order valence-corrected chi connectivity index (χ4v) is 4.18. The lowest BCUT2D eigenvalue weighted by Gasteiger charge is -2.14. The number of carbonyl (C=O) groups is 2. The standard InChI is InChI=1S/C25H21N3O3/c1-31-25(30)17-7-9-19-21(14-17)28-24(29)22(19)23(15-5-3-2-4-6-15)27-18-8-10-20-16(13-18)11-12-26-20/h2-10,13-14,22,26H,11-12H2,1H3,(H,28,29). The van der Waals surface area contributed by atoms with Crippen molar-refractivity contribution in [2.45, 2.75) is 12.3 Å². The highest BCUT2D eigenvalue weighted by Crippen LogP contribution is 2.37. The third kappa shape index (κ3) is 3.46. The number of methoxy groups -OCH3 is 1. The molecule has 154 valence electrons. The summed E-state index contributed by atoms with van der Waals surface area (Å²) in [5.74, 6) is -1.18. The van der Waals surface area contributed by atoms with Crippen molar-refractivity contribution >= 4 is 34.7 Å². The Bertz CT molecular complexity index is 1220. The molecule has 6 nitrogen and oxygen atoms in total. The maximum Gasteiger partial charge on any atom is 0.337 e. The average molecular weight is 411 g/mol. The van der Waals surface area contributed by atoms with Crippen LogP contribution in [0.15, 0.2) is 71.7 Å². The van der Waals surface area contributed by atoms with E-state index >= 15 is 0 Å². The number of amides is 1. The third-order valence-electron chi connectivity index (χ3n) is 5.70. The topological polar surface area (TPSA) is 79.8 Å². The molecular weight excluding hydrogens is 390 g/mol. The van der Waals surface area contributed by atoms with Crippen LogP contribution >= 0.6 is 0 Å². The first-order valence-electron chi connectivity index (χ1n) is 10.2. The van der Waals surface area contributed by atoms with E-state index in [-0.39, 0.29) is 5.91 Å². The van der Waals surface area contributed by atoms with Gasteiger partial charge in [-0.3, -0.25) is 9.79 Å². The molecule has 0 aromatic heterocycles. The van der Waals surface area contributed by atoms with Crippen molar-refractivity contribution in [1.82, 2.24) is 0 Å². The molecule has 2 heterocycles. The van der Waals surface area contributed by atoms with Crippen molar-refractivity contribution in [2.24, 2.45) is 4.99 Å². The van der Waals surface area contributed by atoms with Gasteiger partial charge in [-0.1, -0.05) is 36.4 Å². The van der Waals surface area contributed by atoms with Crippen molar-refractivity contribution in [3.05, 3.63) is 89.0 Å². The summed E-state index contributed by atoms with van der Waals surface area (Å²) in [4.78, 5) is 29.9. The molecule has 5 rings (SSSR count). The Balaban J connectivity index is 1.62. The van der Waals surface area contributed by atoms with E-state index in [2.05, 4.69) is 16.7 Å². The third-order valence-corrected chi connectivity index (χ3v) is 5.70. The fraction of sp³-hybridized carbons (Fsp3) is 0.160. The molecule has 0 fully saturated rings. The van der Waals surface area contributed by atoms with Crippen molar-refractivity contribution in [1.29, 1.82) is 0 Å². The summed E-state index contributed by atoms with van der Waals surface area (Å²) in [7, 11) is 1.34. The molecule has 2 aliphatic heterocycles. The number of aliphatic imine (C=N–C) groups is 1. The number of fused-ring (bicyclic) bond motifs is 2. The second-order valence-electron chi connectivity index (χ2n) is 7.60. The molecule has 6 heteroatoms. The summed E-state index contributed by atoms with van der Waals surface area (Å²) in [6, 6.07) is 20.9. The minimum absolute atomic E-state index is 0.164. The van der Waals surface area contributed by atoms with Gasteiger partial charge in [-0.2, -0.15) is 0 Å². The second kappa shape index (κ2) is 7.72. The molecule has 3 aromatic carbocycles. The lowest BCUT2D eigenvalue weighted by atomic mass is 9.90. The Morgan fingerprint density at radius 3 is 2.65 bits per heavy atom. The molecule has 0 saturated heterocycles. The fourth-order valence-electron chi connectivity index (χ4n) is 4.18. The summed E-state index contributed by atoms with van der Waals surface area (Å²) >= 11 is 0. The minimum Gasteiger partial charge on any atom is -0.465 e. The van der Waals surface area contributed by atoms with E-state index in [0.29, 0.717) is 17.0 Å². The molecule has 1 unspecified atom stereocenters. The molecule has 2 N–H and O–H groups in total. The van der Waals surface area contributed by atoms with E-state index in [4.69, 9.17) is 9.73 Å². The van der Waals surface area contributed by atoms with E-state index < -0.39 is 11.9 Å². The SMILES string of the molecule is COC(=O)c1ccc2c(c1)NC(=O)C2C(=Nc1ccc2c(c1)CCN2)c1ccccc1. The number of nitrogens with one attached hydrogen (secondary N) is 2. The van der Waals surface area contributed by atoms with Crippen LogP contribution in [0.2, 0.25) is 0 Å². The number of esters is 1. The molecule has 31 heavy (non-hydrogen) atoms. The van der Waals surface area contributed by atoms with Gasteiger partial charge >= 0.3 is 5.97 Å². The number of benzene rings is 3. The highest BCUT2D eigenvalue weighted by atomic mass is 16.5. The number of hydrogen-bond donors (Lipinski definition) is 2. The summed E-state index contributed by atoms with van der Waals surface area (Å²) in [5.41, 5.74) is 6.54. The Morgan fingerprint density at radius 1 is 1.00 bits per heavy atom. The van der Waals surface area contributed by atoms with E-state index in [1.165, 1.54) is 12.7 Å². The van der Waals surface area contributed by atoms with Gasteiger partial charge < -0.3 is 15.4 Å². The first-order valence-corrected chi connectivity index (χ1v) is 10.2.